The number of carbonyl (C=O) groups excluding carboxylic acids is 1. The molecule has 0 aromatic carbocycles. The number of carbonyl (C=O) groups is 1. The van der Waals surface area contributed by atoms with Crippen molar-refractivity contribution < 1.29 is 9.63 Å². The molecule has 66 valence electrons. The van der Waals surface area contributed by atoms with Gasteiger partial charge in [-0.15, -0.1) is 4.99 Å². The second-order valence-corrected chi connectivity index (χ2v) is 1.93. The minimum Gasteiger partial charge on any atom is -0.319 e. The molecule has 0 aliphatic carbocycles. The molecule has 1 aromatic rings. The zero-order valence-corrected chi connectivity index (χ0v) is 7.11. The van der Waals surface area contributed by atoms with Crippen molar-refractivity contribution in [2.45, 2.75) is 0 Å². The lowest BCUT2D eigenvalue weighted by Crippen LogP contribution is -2.08. The zero-order valence-electron chi connectivity index (χ0n) is 6.30. The van der Waals surface area contributed by atoms with Gasteiger partial charge >= 0.3 is 6.09 Å². The molecule has 0 bridgehead atoms. The number of thiocarbonyl (C=S) groups is 1. The fraction of sp³-hybridized carbons (Fsp3) is 0. The Morgan fingerprint density at radius 3 is 2.92 bits per heavy atom. The van der Waals surface area contributed by atoms with E-state index >= 15 is 0 Å². The summed E-state index contributed by atoms with van der Waals surface area (Å²) in [5.41, 5.74) is 2.18. The average molecular weight is 196 g/mol. The van der Waals surface area contributed by atoms with Gasteiger partial charge in [0.25, 0.3) is 5.95 Å². The van der Waals surface area contributed by atoms with E-state index in [-0.39, 0.29) is 5.95 Å². The molecule has 0 aliphatic heterocycles. The molecule has 0 saturated heterocycles. The number of nitrogens with one attached hydrogen (secondary N) is 1. The Kier molecular flexibility index (Phi) is 3.49. The monoisotopic (exact) mass is 196 g/mol. The molecule has 6 nitrogen and oxygen atoms in total. The van der Waals surface area contributed by atoms with Gasteiger partial charge in [0, 0.05) is 12.4 Å². The average Bonchev–Trinajstić information content (AvgIpc) is 2.17. The highest BCUT2D eigenvalue weighted by Crippen LogP contribution is 1.94. The van der Waals surface area contributed by atoms with E-state index in [9.17, 15) is 4.79 Å². The second-order valence-electron chi connectivity index (χ2n) is 1.75. The number of aliphatic imine (C=N–C) groups is 1. The van der Waals surface area contributed by atoms with Crippen LogP contribution in [-0.4, -0.2) is 21.2 Å². The first kappa shape index (κ1) is 9.24. The van der Waals surface area contributed by atoms with E-state index in [2.05, 4.69) is 37.5 Å². The van der Waals surface area contributed by atoms with Crippen LogP contribution in [0.1, 0.15) is 0 Å². The van der Waals surface area contributed by atoms with Crippen molar-refractivity contribution in [3.8, 4) is 0 Å². The van der Waals surface area contributed by atoms with E-state index in [0.717, 1.165) is 0 Å². The van der Waals surface area contributed by atoms with Crippen LogP contribution in [0.3, 0.4) is 0 Å². The van der Waals surface area contributed by atoms with Crippen molar-refractivity contribution >= 4 is 29.4 Å². The molecule has 0 fully saturated rings. The number of amides is 1. The Labute approximate surface area is 78.6 Å². The number of hydrogen-bond acceptors (Lipinski definition) is 6. The molecule has 1 aromatic heterocycles. The Morgan fingerprint density at radius 2 is 2.31 bits per heavy atom. The van der Waals surface area contributed by atoms with Gasteiger partial charge in [0.2, 0.25) is 0 Å². The van der Waals surface area contributed by atoms with Crippen LogP contribution < -0.4 is 5.48 Å². The number of isothiocyanates is 1. The van der Waals surface area contributed by atoms with E-state index in [4.69, 9.17) is 0 Å². The van der Waals surface area contributed by atoms with Gasteiger partial charge in [-0.05, 0) is 18.3 Å². The molecular formula is C6H4N4O2S. The lowest BCUT2D eigenvalue weighted by atomic mass is 10.7. The van der Waals surface area contributed by atoms with Gasteiger partial charge in [-0.1, -0.05) is 0 Å². The number of nitrogens with zero attached hydrogens (tertiary/aromatic N) is 3. The third-order valence-electron chi connectivity index (χ3n) is 0.932. The van der Waals surface area contributed by atoms with Crippen LogP contribution in [0.15, 0.2) is 23.5 Å². The molecule has 1 heterocycles. The van der Waals surface area contributed by atoms with Crippen LogP contribution in [0.5, 0.6) is 0 Å². The summed E-state index contributed by atoms with van der Waals surface area (Å²) >= 11 is 4.18. The summed E-state index contributed by atoms with van der Waals surface area (Å²) in [6.07, 6.45) is 2.08. The summed E-state index contributed by atoms with van der Waals surface area (Å²) in [5.74, 6) is 0.162. The standard InChI is InChI=1S/C6H4N4O2S/c11-6(9-4-13)12-10-5-7-2-1-3-8-5/h1-3H,(H,7,8,10). The molecule has 0 saturated carbocycles. The van der Waals surface area contributed by atoms with Crippen molar-refractivity contribution in [3.63, 3.8) is 0 Å². The summed E-state index contributed by atoms with van der Waals surface area (Å²) in [5, 5.41) is 1.86. The maximum atomic E-state index is 10.6. The number of aromatic nitrogens is 2. The number of hydrogen-bond donors (Lipinski definition) is 1. The van der Waals surface area contributed by atoms with E-state index in [0.29, 0.717) is 0 Å². The third-order valence-corrected chi connectivity index (χ3v) is 1.02. The fourth-order valence-electron chi connectivity index (χ4n) is 0.501. The van der Waals surface area contributed by atoms with E-state index in [1.807, 2.05) is 5.16 Å². The van der Waals surface area contributed by atoms with Gasteiger partial charge in [0.15, 0.2) is 0 Å². The Morgan fingerprint density at radius 1 is 1.62 bits per heavy atom. The highest BCUT2D eigenvalue weighted by molar-refractivity contribution is 7.78. The highest BCUT2D eigenvalue weighted by Gasteiger charge is 1.99. The normalized spacial score (nSPS) is 8.31. The first-order valence-corrected chi connectivity index (χ1v) is 3.55. The molecule has 0 spiro atoms. The Bertz CT molecular complexity index is 336. The predicted molar refractivity (Wildman–Crippen MR) is 47.2 cm³/mol. The molecule has 0 unspecified atom stereocenters. The minimum absolute atomic E-state index is 0.162. The van der Waals surface area contributed by atoms with Gasteiger partial charge in [-0.3, -0.25) is 0 Å². The molecule has 7 heteroatoms. The summed E-state index contributed by atoms with van der Waals surface area (Å²) in [4.78, 5) is 25.4. The molecule has 13 heavy (non-hydrogen) atoms. The van der Waals surface area contributed by atoms with Crippen LogP contribution in [0.2, 0.25) is 0 Å². The zero-order chi connectivity index (χ0) is 9.52. The smallest absolute Gasteiger partial charge is 0.319 e. The lowest BCUT2D eigenvalue weighted by Gasteiger charge is -1.99. The van der Waals surface area contributed by atoms with E-state index < -0.39 is 6.09 Å². The van der Waals surface area contributed by atoms with Gasteiger partial charge in [-0.2, -0.15) is 5.48 Å². The van der Waals surface area contributed by atoms with Crippen LogP contribution in [-0.2, 0) is 4.84 Å². The van der Waals surface area contributed by atoms with Crippen molar-refractivity contribution in [1.82, 2.24) is 9.97 Å². The van der Waals surface area contributed by atoms with Crippen LogP contribution >= 0.6 is 12.2 Å². The predicted octanol–water partition coefficient (Wildman–Crippen LogP) is 1.04. The van der Waals surface area contributed by atoms with E-state index in [1.165, 1.54) is 12.4 Å². The first-order chi connectivity index (χ1) is 6.33. The molecular weight excluding hydrogens is 192 g/mol. The maximum Gasteiger partial charge on any atom is 0.467 e. The number of anilines is 1. The number of rotatable bonds is 2. The topological polar surface area (TPSA) is 76.5 Å². The highest BCUT2D eigenvalue weighted by atomic mass is 32.1. The van der Waals surface area contributed by atoms with Crippen LogP contribution in [0, 0.1) is 0 Å². The molecule has 1 rings (SSSR count). The molecule has 1 N–H and O–H groups in total. The Hall–Kier alpha value is -1.85. The van der Waals surface area contributed by atoms with Crippen molar-refractivity contribution in [1.29, 1.82) is 0 Å². The molecule has 0 radical (unpaired) electrons. The first-order valence-electron chi connectivity index (χ1n) is 3.14. The van der Waals surface area contributed by atoms with Crippen LogP contribution in [0.4, 0.5) is 10.7 Å². The molecule has 0 aliphatic rings. The minimum atomic E-state index is -0.901. The van der Waals surface area contributed by atoms with Gasteiger partial charge in [0.05, 0.1) is 5.16 Å². The third kappa shape index (κ3) is 3.37. The summed E-state index contributed by atoms with van der Waals surface area (Å²) in [6.45, 7) is 0. The summed E-state index contributed by atoms with van der Waals surface area (Å²) in [6, 6.07) is 1.63. The maximum absolute atomic E-state index is 10.6. The van der Waals surface area contributed by atoms with Gasteiger partial charge in [-0.25, -0.2) is 14.8 Å². The summed E-state index contributed by atoms with van der Waals surface area (Å²) in [7, 11) is 0. The fourth-order valence-corrected chi connectivity index (χ4v) is 0.576. The molecule has 1 amide bonds. The van der Waals surface area contributed by atoms with Crippen LogP contribution in [0.25, 0.3) is 0 Å². The summed E-state index contributed by atoms with van der Waals surface area (Å²) < 4.78 is 0. The van der Waals surface area contributed by atoms with Crippen molar-refractivity contribution in [2.24, 2.45) is 4.99 Å². The lowest BCUT2D eigenvalue weighted by molar-refractivity contribution is 0.180. The van der Waals surface area contributed by atoms with Crippen molar-refractivity contribution in [3.05, 3.63) is 18.5 Å². The quantitative estimate of drug-likeness (QED) is 0.432. The van der Waals surface area contributed by atoms with Crippen molar-refractivity contribution in [2.75, 3.05) is 5.48 Å². The SMILES string of the molecule is O=C(N=C=S)ONc1ncccn1. The van der Waals surface area contributed by atoms with Gasteiger partial charge < -0.3 is 4.84 Å². The largest absolute Gasteiger partial charge is 0.467 e. The van der Waals surface area contributed by atoms with E-state index in [1.54, 1.807) is 6.07 Å². The molecule has 0 atom stereocenters. The Balaban J connectivity index is 2.44. The second kappa shape index (κ2) is 4.91. The van der Waals surface area contributed by atoms with Gasteiger partial charge in [0.1, 0.15) is 0 Å².